The summed E-state index contributed by atoms with van der Waals surface area (Å²) in [6.45, 7) is 2.35. The van der Waals surface area contributed by atoms with Gasteiger partial charge in [-0.3, -0.25) is 0 Å². The topological polar surface area (TPSA) is 64.1 Å². The quantitative estimate of drug-likeness (QED) is 0.574. The molecule has 1 aromatic rings. The van der Waals surface area contributed by atoms with Gasteiger partial charge in [0.1, 0.15) is 0 Å². The maximum atomic E-state index is 5.66. The molecule has 0 atom stereocenters. The molecule has 1 aromatic heterocycles. The van der Waals surface area contributed by atoms with Crippen molar-refractivity contribution in [3.05, 3.63) is 16.3 Å². The highest BCUT2D eigenvalue weighted by molar-refractivity contribution is 7.10. The number of hydrogen-bond donors (Lipinski definition) is 3. The molecule has 5 N–H and O–H groups in total. The van der Waals surface area contributed by atoms with Gasteiger partial charge < -0.3 is 16.8 Å². The fourth-order valence-corrected chi connectivity index (χ4v) is 1.57. The molecule has 62 valence electrons. The van der Waals surface area contributed by atoms with Crippen LogP contribution in [0.3, 0.4) is 0 Å². The lowest BCUT2D eigenvalue weighted by atomic mass is 10.4. The van der Waals surface area contributed by atoms with E-state index in [1.54, 1.807) is 11.3 Å². The molecule has 0 saturated carbocycles. The van der Waals surface area contributed by atoms with Crippen LogP contribution in [0.1, 0.15) is 4.88 Å². The van der Waals surface area contributed by atoms with Crippen molar-refractivity contribution in [3.63, 3.8) is 0 Å². The van der Waals surface area contributed by atoms with Crippen molar-refractivity contribution >= 4 is 17.0 Å². The SMILES string of the molecule is NCCNCc1sccc1N. The fourth-order valence-electron chi connectivity index (χ4n) is 0.798. The minimum absolute atomic E-state index is 0.672. The fraction of sp³-hybridized carbons (Fsp3) is 0.429. The zero-order chi connectivity index (χ0) is 8.10. The van der Waals surface area contributed by atoms with E-state index >= 15 is 0 Å². The van der Waals surface area contributed by atoms with Crippen molar-refractivity contribution in [2.75, 3.05) is 18.8 Å². The third kappa shape index (κ3) is 2.49. The predicted molar refractivity (Wildman–Crippen MR) is 49.5 cm³/mol. The Bertz CT molecular complexity index is 209. The Kier molecular flexibility index (Phi) is 3.35. The number of hydrogen-bond acceptors (Lipinski definition) is 4. The van der Waals surface area contributed by atoms with E-state index in [4.69, 9.17) is 11.5 Å². The first-order chi connectivity index (χ1) is 5.34. The molecule has 0 bridgehead atoms. The molecule has 11 heavy (non-hydrogen) atoms. The van der Waals surface area contributed by atoms with E-state index in [2.05, 4.69) is 5.32 Å². The molecular weight excluding hydrogens is 158 g/mol. The molecule has 0 aliphatic carbocycles. The Labute approximate surface area is 70.4 Å². The van der Waals surface area contributed by atoms with Crippen LogP contribution in [0.5, 0.6) is 0 Å². The van der Waals surface area contributed by atoms with Crippen LogP contribution in [0, 0.1) is 0 Å². The second kappa shape index (κ2) is 4.33. The van der Waals surface area contributed by atoms with Crippen molar-refractivity contribution < 1.29 is 0 Å². The minimum atomic E-state index is 0.672. The van der Waals surface area contributed by atoms with Crippen LogP contribution in [0.15, 0.2) is 11.4 Å². The van der Waals surface area contributed by atoms with E-state index in [-0.39, 0.29) is 0 Å². The van der Waals surface area contributed by atoms with Gasteiger partial charge in [-0.2, -0.15) is 0 Å². The van der Waals surface area contributed by atoms with Crippen LogP contribution in [0.4, 0.5) is 5.69 Å². The lowest BCUT2D eigenvalue weighted by Crippen LogP contribution is -2.21. The summed E-state index contributed by atoms with van der Waals surface area (Å²) < 4.78 is 0. The molecule has 0 aromatic carbocycles. The van der Waals surface area contributed by atoms with Crippen LogP contribution >= 0.6 is 11.3 Å². The van der Waals surface area contributed by atoms with Gasteiger partial charge in [0.25, 0.3) is 0 Å². The summed E-state index contributed by atoms with van der Waals surface area (Å²) in [6, 6.07) is 1.92. The molecule has 0 spiro atoms. The monoisotopic (exact) mass is 171 g/mol. The third-order valence-corrected chi connectivity index (χ3v) is 2.32. The minimum Gasteiger partial charge on any atom is -0.398 e. The highest BCUT2D eigenvalue weighted by atomic mass is 32.1. The number of nitrogens with one attached hydrogen (secondary N) is 1. The van der Waals surface area contributed by atoms with Crippen molar-refractivity contribution in [2.24, 2.45) is 5.73 Å². The first-order valence-electron chi connectivity index (χ1n) is 3.57. The van der Waals surface area contributed by atoms with Gasteiger partial charge in [-0.25, -0.2) is 0 Å². The highest BCUT2D eigenvalue weighted by Crippen LogP contribution is 2.17. The first-order valence-corrected chi connectivity index (χ1v) is 4.45. The van der Waals surface area contributed by atoms with Crippen molar-refractivity contribution in [1.29, 1.82) is 0 Å². The molecule has 0 unspecified atom stereocenters. The molecule has 1 rings (SSSR count). The summed E-state index contributed by atoms with van der Waals surface area (Å²) in [5.41, 5.74) is 11.9. The van der Waals surface area contributed by atoms with Gasteiger partial charge in [0.05, 0.1) is 0 Å². The number of nitrogen functional groups attached to an aromatic ring is 1. The lowest BCUT2D eigenvalue weighted by molar-refractivity contribution is 0.703. The highest BCUT2D eigenvalue weighted by Gasteiger charge is 1.97. The zero-order valence-corrected chi connectivity index (χ0v) is 7.16. The van der Waals surface area contributed by atoms with Crippen molar-refractivity contribution in [1.82, 2.24) is 5.32 Å². The van der Waals surface area contributed by atoms with Crippen molar-refractivity contribution in [3.8, 4) is 0 Å². The molecule has 0 aliphatic rings. The predicted octanol–water partition coefficient (Wildman–Crippen LogP) is 0.379. The second-order valence-electron chi connectivity index (χ2n) is 2.26. The Morgan fingerprint density at radius 2 is 2.36 bits per heavy atom. The van der Waals surface area contributed by atoms with Crippen LogP contribution in [-0.4, -0.2) is 13.1 Å². The summed E-state index contributed by atoms with van der Waals surface area (Å²) in [5, 5.41) is 5.18. The van der Waals surface area contributed by atoms with Gasteiger partial charge in [0.2, 0.25) is 0 Å². The number of nitrogens with two attached hydrogens (primary N) is 2. The summed E-state index contributed by atoms with van der Waals surface area (Å²) in [7, 11) is 0. The van der Waals surface area contributed by atoms with Crippen LogP contribution in [0.2, 0.25) is 0 Å². The zero-order valence-electron chi connectivity index (χ0n) is 6.34. The van der Waals surface area contributed by atoms with Gasteiger partial charge in [-0.1, -0.05) is 0 Å². The Balaban J connectivity index is 2.32. The molecule has 3 nitrogen and oxygen atoms in total. The smallest absolute Gasteiger partial charge is 0.0468 e. The summed E-state index contributed by atoms with van der Waals surface area (Å²) in [5.74, 6) is 0. The van der Waals surface area contributed by atoms with E-state index in [9.17, 15) is 0 Å². The largest absolute Gasteiger partial charge is 0.398 e. The third-order valence-electron chi connectivity index (χ3n) is 1.39. The van der Waals surface area contributed by atoms with E-state index in [0.29, 0.717) is 6.54 Å². The molecule has 4 heteroatoms. The summed E-state index contributed by atoms with van der Waals surface area (Å²) in [6.07, 6.45) is 0. The first kappa shape index (κ1) is 8.52. The molecule has 1 heterocycles. The maximum Gasteiger partial charge on any atom is 0.0468 e. The van der Waals surface area contributed by atoms with Gasteiger partial charge in [-0.05, 0) is 11.4 Å². The maximum absolute atomic E-state index is 5.66. The average Bonchev–Trinajstić information content (AvgIpc) is 2.37. The van der Waals surface area contributed by atoms with E-state index in [0.717, 1.165) is 18.8 Å². The average molecular weight is 171 g/mol. The van der Waals surface area contributed by atoms with E-state index < -0.39 is 0 Å². The Hall–Kier alpha value is -0.580. The van der Waals surface area contributed by atoms with Gasteiger partial charge in [0, 0.05) is 30.2 Å². The summed E-state index contributed by atoms with van der Waals surface area (Å²) >= 11 is 1.67. The number of rotatable bonds is 4. The van der Waals surface area contributed by atoms with E-state index in [1.165, 1.54) is 4.88 Å². The Morgan fingerprint density at radius 3 is 2.91 bits per heavy atom. The normalized spacial score (nSPS) is 10.3. The molecule has 0 radical (unpaired) electrons. The van der Waals surface area contributed by atoms with Crippen LogP contribution < -0.4 is 16.8 Å². The van der Waals surface area contributed by atoms with Crippen LogP contribution in [0.25, 0.3) is 0 Å². The standard InChI is InChI=1S/C7H13N3S/c8-2-3-10-5-7-6(9)1-4-11-7/h1,4,10H,2-3,5,8-9H2. The van der Waals surface area contributed by atoms with Crippen molar-refractivity contribution in [2.45, 2.75) is 6.54 Å². The number of thiophene rings is 1. The van der Waals surface area contributed by atoms with Gasteiger partial charge in [0.15, 0.2) is 0 Å². The van der Waals surface area contributed by atoms with E-state index in [1.807, 2.05) is 11.4 Å². The molecule has 0 amide bonds. The van der Waals surface area contributed by atoms with Crippen LogP contribution in [-0.2, 0) is 6.54 Å². The lowest BCUT2D eigenvalue weighted by Gasteiger charge is -2.00. The molecular formula is C7H13N3S. The molecule has 0 aliphatic heterocycles. The Morgan fingerprint density at radius 1 is 1.55 bits per heavy atom. The molecule has 0 fully saturated rings. The van der Waals surface area contributed by atoms with Gasteiger partial charge >= 0.3 is 0 Å². The number of anilines is 1. The summed E-state index contributed by atoms with van der Waals surface area (Å²) in [4.78, 5) is 1.19. The second-order valence-corrected chi connectivity index (χ2v) is 3.27. The molecule has 0 saturated heterocycles. The van der Waals surface area contributed by atoms with Gasteiger partial charge in [-0.15, -0.1) is 11.3 Å².